The molecule has 1 aliphatic carbocycles. The van der Waals surface area contributed by atoms with E-state index in [0.717, 1.165) is 5.82 Å². The normalized spacial score (nSPS) is 22.4. The quantitative estimate of drug-likeness (QED) is 0.871. The van der Waals surface area contributed by atoms with Crippen LogP contribution < -0.4 is 10.1 Å². The molecule has 1 atom stereocenters. The van der Waals surface area contributed by atoms with Crippen molar-refractivity contribution in [3.63, 3.8) is 0 Å². The molecule has 0 aromatic carbocycles. The SMILES string of the molecule is CCOc1cc(NC2CCC(C)(C)C2)ncn1. The second-order valence-electron chi connectivity index (χ2n) is 5.42. The summed E-state index contributed by atoms with van der Waals surface area (Å²) in [7, 11) is 0. The molecule has 1 unspecified atom stereocenters. The average molecular weight is 235 g/mol. The fourth-order valence-corrected chi connectivity index (χ4v) is 2.41. The van der Waals surface area contributed by atoms with Crippen LogP contribution in [0.1, 0.15) is 40.0 Å². The van der Waals surface area contributed by atoms with Crippen molar-refractivity contribution >= 4 is 5.82 Å². The molecule has 1 aromatic heterocycles. The topological polar surface area (TPSA) is 47.0 Å². The number of aromatic nitrogens is 2. The molecule has 17 heavy (non-hydrogen) atoms. The fraction of sp³-hybridized carbons (Fsp3) is 0.692. The summed E-state index contributed by atoms with van der Waals surface area (Å²) in [6, 6.07) is 2.39. The van der Waals surface area contributed by atoms with Crippen LogP contribution in [0.5, 0.6) is 5.88 Å². The second-order valence-corrected chi connectivity index (χ2v) is 5.42. The van der Waals surface area contributed by atoms with E-state index in [4.69, 9.17) is 4.74 Å². The third-order valence-electron chi connectivity index (χ3n) is 3.25. The molecule has 2 rings (SSSR count). The van der Waals surface area contributed by atoms with Gasteiger partial charge in [-0.1, -0.05) is 13.8 Å². The molecule has 0 bridgehead atoms. The monoisotopic (exact) mass is 235 g/mol. The van der Waals surface area contributed by atoms with Crippen LogP contribution in [-0.2, 0) is 0 Å². The summed E-state index contributed by atoms with van der Waals surface area (Å²) < 4.78 is 5.36. The zero-order valence-electron chi connectivity index (χ0n) is 10.9. The Morgan fingerprint density at radius 3 is 2.94 bits per heavy atom. The zero-order chi connectivity index (χ0) is 12.3. The lowest BCUT2D eigenvalue weighted by Crippen LogP contribution is -2.18. The van der Waals surface area contributed by atoms with Crippen molar-refractivity contribution in [2.24, 2.45) is 5.41 Å². The van der Waals surface area contributed by atoms with Crippen molar-refractivity contribution < 1.29 is 4.74 Å². The number of hydrogen-bond donors (Lipinski definition) is 1. The van der Waals surface area contributed by atoms with Crippen LogP contribution in [0.2, 0.25) is 0 Å². The minimum Gasteiger partial charge on any atom is -0.478 e. The Hall–Kier alpha value is -1.32. The Balaban J connectivity index is 1.97. The molecule has 1 aliphatic rings. The van der Waals surface area contributed by atoms with Gasteiger partial charge in [0.15, 0.2) is 0 Å². The summed E-state index contributed by atoms with van der Waals surface area (Å²) in [5.41, 5.74) is 0.452. The molecule has 1 fully saturated rings. The first-order chi connectivity index (χ1) is 8.09. The van der Waals surface area contributed by atoms with Crippen molar-refractivity contribution in [1.29, 1.82) is 0 Å². The largest absolute Gasteiger partial charge is 0.478 e. The molecule has 0 aliphatic heterocycles. The number of nitrogens with zero attached hydrogens (tertiary/aromatic N) is 2. The van der Waals surface area contributed by atoms with Crippen molar-refractivity contribution in [1.82, 2.24) is 9.97 Å². The van der Waals surface area contributed by atoms with Gasteiger partial charge in [0.1, 0.15) is 12.1 Å². The van der Waals surface area contributed by atoms with Crippen molar-refractivity contribution in [2.75, 3.05) is 11.9 Å². The van der Waals surface area contributed by atoms with Gasteiger partial charge in [-0.3, -0.25) is 0 Å². The highest BCUT2D eigenvalue weighted by molar-refractivity contribution is 5.38. The number of ether oxygens (including phenoxy) is 1. The van der Waals surface area contributed by atoms with Gasteiger partial charge in [-0.05, 0) is 31.6 Å². The lowest BCUT2D eigenvalue weighted by molar-refractivity contribution is 0.326. The highest BCUT2D eigenvalue weighted by Crippen LogP contribution is 2.38. The maximum Gasteiger partial charge on any atom is 0.218 e. The molecule has 0 amide bonds. The van der Waals surface area contributed by atoms with Crippen LogP contribution in [0.3, 0.4) is 0 Å². The first kappa shape index (κ1) is 12.1. The van der Waals surface area contributed by atoms with Crippen LogP contribution >= 0.6 is 0 Å². The van der Waals surface area contributed by atoms with Gasteiger partial charge in [0.25, 0.3) is 0 Å². The van der Waals surface area contributed by atoms with E-state index in [1.165, 1.54) is 19.3 Å². The van der Waals surface area contributed by atoms with E-state index in [1.54, 1.807) is 6.33 Å². The Labute approximate surface area is 103 Å². The number of anilines is 1. The molecule has 1 saturated carbocycles. The molecular weight excluding hydrogens is 214 g/mol. The Kier molecular flexibility index (Phi) is 3.50. The third kappa shape index (κ3) is 3.32. The lowest BCUT2D eigenvalue weighted by atomic mass is 9.92. The Morgan fingerprint density at radius 2 is 2.29 bits per heavy atom. The zero-order valence-corrected chi connectivity index (χ0v) is 10.9. The van der Waals surface area contributed by atoms with Crippen LogP contribution in [0.15, 0.2) is 12.4 Å². The van der Waals surface area contributed by atoms with Crippen molar-refractivity contribution in [3.05, 3.63) is 12.4 Å². The van der Waals surface area contributed by atoms with E-state index in [2.05, 4.69) is 29.1 Å². The van der Waals surface area contributed by atoms with Gasteiger partial charge in [-0.15, -0.1) is 0 Å². The van der Waals surface area contributed by atoms with Gasteiger partial charge in [-0.25, -0.2) is 9.97 Å². The molecular formula is C13H21N3O. The average Bonchev–Trinajstić information content (AvgIpc) is 2.59. The van der Waals surface area contributed by atoms with Gasteiger partial charge in [0.2, 0.25) is 5.88 Å². The Bertz CT molecular complexity index is 379. The highest BCUT2D eigenvalue weighted by atomic mass is 16.5. The van der Waals surface area contributed by atoms with Gasteiger partial charge in [0, 0.05) is 12.1 Å². The van der Waals surface area contributed by atoms with E-state index >= 15 is 0 Å². The molecule has 1 N–H and O–H groups in total. The first-order valence-electron chi connectivity index (χ1n) is 6.30. The minimum atomic E-state index is 0.452. The second kappa shape index (κ2) is 4.90. The molecule has 4 nitrogen and oxygen atoms in total. The Morgan fingerprint density at radius 1 is 1.47 bits per heavy atom. The summed E-state index contributed by atoms with van der Waals surface area (Å²) in [6.07, 6.45) is 5.23. The van der Waals surface area contributed by atoms with Crippen LogP contribution in [0.4, 0.5) is 5.82 Å². The van der Waals surface area contributed by atoms with Gasteiger partial charge in [0.05, 0.1) is 6.61 Å². The van der Waals surface area contributed by atoms with E-state index in [-0.39, 0.29) is 0 Å². The first-order valence-corrected chi connectivity index (χ1v) is 6.30. The summed E-state index contributed by atoms with van der Waals surface area (Å²) in [6.45, 7) is 7.22. The predicted molar refractivity (Wildman–Crippen MR) is 68.2 cm³/mol. The van der Waals surface area contributed by atoms with Gasteiger partial charge in [-0.2, -0.15) is 0 Å². The number of rotatable bonds is 4. The molecule has 0 radical (unpaired) electrons. The standard InChI is InChI=1S/C13H21N3O/c1-4-17-12-7-11(14-9-15-12)16-10-5-6-13(2,3)8-10/h7,9-10H,4-6,8H2,1-3H3,(H,14,15,16). The van der Waals surface area contributed by atoms with E-state index < -0.39 is 0 Å². The van der Waals surface area contributed by atoms with E-state index in [0.29, 0.717) is 23.9 Å². The minimum absolute atomic E-state index is 0.452. The van der Waals surface area contributed by atoms with Crippen LogP contribution in [0.25, 0.3) is 0 Å². The van der Waals surface area contributed by atoms with E-state index in [1.807, 2.05) is 13.0 Å². The summed E-state index contributed by atoms with van der Waals surface area (Å²) in [5.74, 6) is 1.51. The van der Waals surface area contributed by atoms with E-state index in [9.17, 15) is 0 Å². The van der Waals surface area contributed by atoms with Gasteiger partial charge >= 0.3 is 0 Å². The summed E-state index contributed by atoms with van der Waals surface area (Å²) >= 11 is 0. The molecule has 1 heterocycles. The molecule has 94 valence electrons. The van der Waals surface area contributed by atoms with Gasteiger partial charge < -0.3 is 10.1 Å². The maximum atomic E-state index is 5.36. The smallest absolute Gasteiger partial charge is 0.218 e. The predicted octanol–water partition coefficient (Wildman–Crippen LogP) is 2.87. The fourth-order valence-electron chi connectivity index (χ4n) is 2.41. The number of hydrogen-bond acceptors (Lipinski definition) is 4. The molecule has 0 saturated heterocycles. The third-order valence-corrected chi connectivity index (χ3v) is 3.25. The van der Waals surface area contributed by atoms with Crippen LogP contribution in [0, 0.1) is 5.41 Å². The summed E-state index contributed by atoms with van der Waals surface area (Å²) in [5, 5.41) is 3.46. The highest BCUT2D eigenvalue weighted by Gasteiger charge is 2.30. The van der Waals surface area contributed by atoms with Crippen LogP contribution in [-0.4, -0.2) is 22.6 Å². The lowest BCUT2D eigenvalue weighted by Gasteiger charge is -2.18. The molecule has 4 heteroatoms. The number of nitrogens with one attached hydrogen (secondary N) is 1. The molecule has 1 aromatic rings. The van der Waals surface area contributed by atoms with Crippen molar-refractivity contribution in [3.8, 4) is 5.88 Å². The summed E-state index contributed by atoms with van der Waals surface area (Å²) in [4.78, 5) is 8.29. The van der Waals surface area contributed by atoms with Crippen molar-refractivity contribution in [2.45, 2.75) is 46.1 Å². The maximum absolute atomic E-state index is 5.36. The molecule has 0 spiro atoms.